The highest BCUT2D eigenvalue weighted by Gasteiger charge is 2.32. The molecule has 21 heavy (non-hydrogen) atoms. The highest BCUT2D eigenvalue weighted by atomic mass is 32.2. The van der Waals surface area contributed by atoms with Crippen LogP contribution in [-0.2, 0) is 4.79 Å². The maximum atomic E-state index is 14.0. The molecule has 8 heteroatoms. The van der Waals surface area contributed by atoms with Gasteiger partial charge in [0.2, 0.25) is 0 Å². The monoisotopic (exact) mass is 311 g/mol. The van der Waals surface area contributed by atoms with E-state index >= 15 is 0 Å². The first-order valence-corrected chi connectivity index (χ1v) is 7.30. The van der Waals surface area contributed by atoms with Crippen LogP contribution in [0.25, 0.3) is 5.69 Å². The Morgan fingerprint density at radius 1 is 1.38 bits per heavy atom. The van der Waals surface area contributed by atoms with Crippen LogP contribution in [-0.4, -0.2) is 31.6 Å². The van der Waals surface area contributed by atoms with Crippen LogP contribution in [0.5, 0.6) is 0 Å². The van der Waals surface area contributed by atoms with Crippen molar-refractivity contribution in [1.82, 2.24) is 14.8 Å². The van der Waals surface area contributed by atoms with Gasteiger partial charge in [-0.15, -0.1) is 10.2 Å². The summed E-state index contributed by atoms with van der Waals surface area (Å²) in [6.45, 7) is 0. The normalized spacial score (nSPS) is 14.4. The van der Waals surface area contributed by atoms with Gasteiger partial charge < -0.3 is 5.11 Å². The van der Waals surface area contributed by atoms with Crippen LogP contribution in [0.4, 0.5) is 8.78 Å². The Bertz CT molecular complexity index is 701. The molecular weight excluding hydrogens is 300 g/mol. The van der Waals surface area contributed by atoms with Gasteiger partial charge in [0.15, 0.2) is 16.8 Å². The maximum absolute atomic E-state index is 14.0. The smallest absolute Gasteiger partial charge is 0.313 e. The van der Waals surface area contributed by atoms with E-state index < -0.39 is 17.6 Å². The first-order chi connectivity index (χ1) is 10.1. The van der Waals surface area contributed by atoms with Gasteiger partial charge in [0.1, 0.15) is 5.82 Å². The lowest BCUT2D eigenvalue weighted by Gasteiger charge is -2.10. The van der Waals surface area contributed by atoms with Crippen molar-refractivity contribution in [2.45, 2.75) is 23.9 Å². The summed E-state index contributed by atoms with van der Waals surface area (Å²) in [5.74, 6) is -2.47. The maximum Gasteiger partial charge on any atom is 0.313 e. The quantitative estimate of drug-likeness (QED) is 0.860. The van der Waals surface area contributed by atoms with Crippen LogP contribution in [0.15, 0.2) is 23.4 Å². The predicted octanol–water partition coefficient (Wildman–Crippen LogP) is 2.60. The van der Waals surface area contributed by atoms with Crippen molar-refractivity contribution >= 4 is 17.7 Å². The molecular formula is C13H11F2N3O2S. The summed E-state index contributed by atoms with van der Waals surface area (Å²) in [6, 6.07) is 3.86. The molecule has 1 fully saturated rings. The minimum atomic E-state index is -1.01. The van der Waals surface area contributed by atoms with E-state index in [1.807, 2.05) is 0 Å². The van der Waals surface area contributed by atoms with Gasteiger partial charge >= 0.3 is 5.97 Å². The van der Waals surface area contributed by atoms with Crippen LogP contribution >= 0.6 is 11.8 Å². The lowest BCUT2D eigenvalue weighted by Crippen LogP contribution is -2.07. The molecule has 1 aromatic heterocycles. The summed E-state index contributed by atoms with van der Waals surface area (Å²) in [4.78, 5) is 10.7. The number of halogens is 2. The average Bonchev–Trinajstić information content (AvgIpc) is 3.20. The van der Waals surface area contributed by atoms with Crippen molar-refractivity contribution in [3.63, 3.8) is 0 Å². The molecule has 2 aromatic rings. The minimum Gasteiger partial charge on any atom is -0.481 e. The second-order valence-electron chi connectivity index (χ2n) is 4.71. The summed E-state index contributed by atoms with van der Waals surface area (Å²) in [7, 11) is 0. The van der Waals surface area contributed by atoms with E-state index in [2.05, 4.69) is 10.2 Å². The van der Waals surface area contributed by atoms with Gasteiger partial charge in [-0.1, -0.05) is 17.8 Å². The molecule has 1 aliphatic carbocycles. The lowest BCUT2D eigenvalue weighted by atomic mass is 10.2. The SMILES string of the molecule is O=C(O)CSc1nnc(C2CC2)n1-c1cccc(F)c1F. The molecule has 1 aliphatic rings. The molecule has 0 bridgehead atoms. The van der Waals surface area contributed by atoms with Crippen molar-refractivity contribution < 1.29 is 18.7 Å². The van der Waals surface area contributed by atoms with Crippen molar-refractivity contribution in [2.75, 3.05) is 5.75 Å². The van der Waals surface area contributed by atoms with Gasteiger partial charge in [0.25, 0.3) is 0 Å². The van der Waals surface area contributed by atoms with Gasteiger partial charge in [-0.25, -0.2) is 8.78 Å². The molecule has 1 aromatic carbocycles. The first-order valence-electron chi connectivity index (χ1n) is 6.32. The van der Waals surface area contributed by atoms with Crippen LogP contribution in [0.1, 0.15) is 24.6 Å². The number of benzene rings is 1. The minimum absolute atomic E-state index is 0.00906. The Morgan fingerprint density at radius 2 is 2.14 bits per heavy atom. The van der Waals surface area contributed by atoms with Gasteiger partial charge in [0, 0.05) is 5.92 Å². The molecule has 0 aliphatic heterocycles. The zero-order valence-electron chi connectivity index (χ0n) is 10.8. The van der Waals surface area contributed by atoms with Gasteiger partial charge in [-0.3, -0.25) is 9.36 Å². The average molecular weight is 311 g/mol. The van der Waals surface area contributed by atoms with Gasteiger partial charge in [-0.05, 0) is 25.0 Å². The van der Waals surface area contributed by atoms with E-state index in [1.54, 1.807) is 0 Å². The van der Waals surface area contributed by atoms with Crippen molar-refractivity contribution in [3.05, 3.63) is 35.7 Å². The first kappa shape index (κ1) is 14.0. The van der Waals surface area contributed by atoms with Gasteiger partial charge in [0.05, 0.1) is 11.4 Å². The predicted molar refractivity (Wildman–Crippen MR) is 71.6 cm³/mol. The molecule has 0 radical (unpaired) electrons. The van der Waals surface area contributed by atoms with E-state index in [1.165, 1.54) is 16.7 Å². The van der Waals surface area contributed by atoms with Crippen molar-refractivity contribution in [1.29, 1.82) is 0 Å². The van der Waals surface area contributed by atoms with Crippen LogP contribution in [0.2, 0.25) is 0 Å². The third kappa shape index (κ3) is 2.76. The molecule has 0 unspecified atom stereocenters. The molecule has 0 atom stereocenters. The molecule has 1 heterocycles. The van der Waals surface area contributed by atoms with E-state index in [4.69, 9.17) is 5.11 Å². The van der Waals surface area contributed by atoms with Crippen LogP contribution < -0.4 is 0 Å². The lowest BCUT2D eigenvalue weighted by molar-refractivity contribution is -0.133. The van der Waals surface area contributed by atoms with E-state index in [0.717, 1.165) is 30.7 Å². The number of carbonyl (C=O) groups is 1. The second-order valence-corrected chi connectivity index (χ2v) is 5.65. The third-order valence-electron chi connectivity index (χ3n) is 3.10. The molecule has 0 spiro atoms. The summed E-state index contributed by atoms with van der Waals surface area (Å²) < 4.78 is 28.9. The number of carboxylic acids is 1. The number of hydrogen-bond acceptors (Lipinski definition) is 4. The second kappa shape index (κ2) is 5.44. The van der Waals surface area contributed by atoms with E-state index in [9.17, 15) is 13.6 Å². The van der Waals surface area contributed by atoms with E-state index in [-0.39, 0.29) is 22.5 Å². The summed E-state index contributed by atoms with van der Waals surface area (Å²) >= 11 is 0.931. The largest absolute Gasteiger partial charge is 0.481 e. The highest BCUT2D eigenvalue weighted by Crippen LogP contribution is 2.41. The molecule has 0 amide bonds. The molecule has 3 rings (SSSR count). The summed E-state index contributed by atoms with van der Waals surface area (Å²) in [5, 5.41) is 16.9. The number of nitrogens with zero attached hydrogens (tertiary/aromatic N) is 3. The number of hydrogen-bond donors (Lipinski definition) is 1. The van der Waals surface area contributed by atoms with Crippen LogP contribution in [0.3, 0.4) is 0 Å². The zero-order valence-corrected chi connectivity index (χ0v) is 11.6. The Labute approximate surface area is 123 Å². The van der Waals surface area contributed by atoms with Crippen molar-refractivity contribution in [2.24, 2.45) is 0 Å². The third-order valence-corrected chi connectivity index (χ3v) is 4.01. The Kier molecular flexibility index (Phi) is 3.62. The fourth-order valence-corrected chi connectivity index (χ4v) is 2.67. The molecule has 0 saturated heterocycles. The molecule has 5 nitrogen and oxygen atoms in total. The fraction of sp³-hybridized carbons (Fsp3) is 0.308. The Balaban J connectivity index is 2.07. The number of rotatable bonds is 5. The summed E-state index contributed by atoms with van der Waals surface area (Å²) in [5.41, 5.74) is 0.00906. The molecule has 110 valence electrons. The van der Waals surface area contributed by atoms with E-state index in [0.29, 0.717) is 5.82 Å². The summed E-state index contributed by atoms with van der Waals surface area (Å²) in [6.07, 6.45) is 1.83. The highest BCUT2D eigenvalue weighted by molar-refractivity contribution is 7.99. The fourth-order valence-electron chi connectivity index (χ4n) is 2.00. The number of carboxylic acid groups (broad SMARTS) is 1. The number of thioether (sulfide) groups is 1. The topological polar surface area (TPSA) is 68.0 Å². The van der Waals surface area contributed by atoms with Gasteiger partial charge in [-0.2, -0.15) is 0 Å². The zero-order chi connectivity index (χ0) is 15.0. The van der Waals surface area contributed by atoms with Crippen molar-refractivity contribution in [3.8, 4) is 5.69 Å². The molecule has 1 saturated carbocycles. The molecule has 1 N–H and O–H groups in total. The Hall–Kier alpha value is -1.96. The standard InChI is InChI=1S/C13H11F2N3O2S/c14-8-2-1-3-9(11(8)15)18-12(7-4-5-7)16-17-13(18)21-6-10(19)20/h1-3,7H,4-6H2,(H,19,20). The van der Waals surface area contributed by atoms with Crippen LogP contribution in [0, 0.1) is 11.6 Å². The number of aliphatic carboxylic acids is 1. The Morgan fingerprint density at radius 3 is 2.81 bits per heavy atom. The number of aromatic nitrogens is 3.